The Balaban J connectivity index is -0.000000240. The molecule has 0 aliphatic rings. The van der Waals surface area contributed by atoms with Gasteiger partial charge in [-0.1, -0.05) is 18.2 Å². The Morgan fingerprint density at radius 3 is 0.957 bits per heavy atom. The van der Waals surface area contributed by atoms with Crippen molar-refractivity contribution >= 4 is 21.8 Å². The number of phenolic OH excluding ortho intramolecular Hbond substituents is 1. The summed E-state index contributed by atoms with van der Waals surface area (Å²) < 4.78 is 117. The Morgan fingerprint density at radius 1 is 0.609 bits per heavy atom. The van der Waals surface area contributed by atoms with E-state index >= 15 is 0 Å². The SMILES string of the molecule is Cc1ccccc1O.F[B-](F)(F)F.F[B-](F)(F)F.F[B-](F)(F)F. The van der Waals surface area contributed by atoms with Gasteiger partial charge in [0.2, 0.25) is 0 Å². The second-order valence-electron chi connectivity index (χ2n) is 3.27. The average Bonchev–Trinajstić information content (AvgIpc) is 2.14. The van der Waals surface area contributed by atoms with Gasteiger partial charge in [-0.2, -0.15) is 0 Å². The van der Waals surface area contributed by atoms with E-state index in [1.54, 1.807) is 6.07 Å². The molecule has 1 aromatic carbocycles. The first-order valence-electron chi connectivity index (χ1n) is 5.17. The Labute approximate surface area is 122 Å². The minimum atomic E-state index is -6.00. The summed E-state index contributed by atoms with van der Waals surface area (Å²) in [7, 11) is -18.0. The predicted octanol–water partition coefficient (Wildman–Crippen LogP) is 5.60. The lowest BCUT2D eigenvalue weighted by Crippen LogP contribution is -2.02. The molecule has 0 fully saturated rings. The number of aromatic hydroxyl groups is 1. The number of halogens is 12. The van der Waals surface area contributed by atoms with Crippen LogP contribution < -0.4 is 0 Å². The van der Waals surface area contributed by atoms with Crippen molar-refractivity contribution in [1.82, 2.24) is 0 Å². The molecule has 0 aromatic heterocycles. The highest BCUT2D eigenvalue weighted by atomic mass is 19.5. The molecule has 0 spiro atoms. The molecule has 16 heteroatoms. The Kier molecular flexibility index (Phi) is 12.6. The third-order valence-corrected chi connectivity index (χ3v) is 1.12. The Bertz CT molecular complexity index is 347. The van der Waals surface area contributed by atoms with Gasteiger partial charge in [-0.25, -0.2) is 0 Å². The fourth-order valence-corrected chi connectivity index (χ4v) is 0.563. The molecule has 0 atom stereocenters. The molecule has 1 nitrogen and oxygen atoms in total. The van der Waals surface area contributed by atoms with Crippen LogP contribution in [-0.4, -0.2) is 26.9 Å². The van der Waals surface area contributed by atoms with Crippen molar-refractivity contribution in [3.8, 4) is 5.75 Å². The van der Waals surface area contributed by atoms with Crippen LogP contribution in [0, 0.1) is 6.92 Å². The molecule has 1 rings (SSSR count). The Hall–Kier alpha value is -1.63. The maximum absolute atomic E-state index is 9.75. The monoisotopic (exact) mass is 369 g/mol. The van der Waals surface area contributed by atoms with Crippen LogP contribution in [0.15, 0.2) is 24.3 Å². The molecular formula is C7H8B3F12O-3. The molecule has 0 saturated heterocycles. The first-order chi connectivity index (χ1) is 9.80. The van der Waals surface area contributed by atoms with E-state index in [1.165, 1.54) is 0 Å². The molecule has 1 N–H and O–H groups in total. The summed E-state index contributed by atoms with van der Waals surface area (Å²) in [5.74, 6) is 0.368. The molecule has 138 valence electrons. The van der Waals surface area contributed by atoms with E-state index in [0.717, 1.165) is 5.56 Å². The largest absolute Gasteiger partial charge is 0.673 e. The zero-order valence-electron chi connectivity index (χ0n) is 11.0. The Morgan fingerprint density at radius 2 is 0.826 bits per heavy atom. The summed E-state index contributed by atoms with van der Waals surface area (Å²) in [6, 6.07) is 7.25. The fraction of sp³-hybridized carbons (Fsp3) is 0.143. The van der Waals surface area contributed by atoms with Crippen LogP contribution >= 0.6 is 0 Å². The molecule has 1 aromatic rings. The van der Waals surface area contributed by atoms with Crippen molar-refractivity contribution in [2.45, 2.75) is 6.92 Å². The molecular weight excluding hydrogens is 360 g/mol. The number of para-hydroxylation sites is 1. The number of aryl methyl sites for hydroxylation is 1. The average molecular weight is 369 g/mol. The molecule has 0 unspecified atom stereocenters. The molecule has 0 amide bonds. The van der Waals surface area contributed by atoms with Crippen LogP contribution in [0.5, 0.6) is 5.75 Å². The van der Waals surface area contributed by atoms with Gasteiger partial charge < -0.3 is 56.9 Å². The van der Waals surface area contributed by atoms with E-state index in [9.17, 15) is 51.8 Å². The van der Waals surface area contributed by atoms with E-state index in [-0.39, 0.29) is 0 Å². The third kappa shape index (κ3) is 78.3. The van der Waals surface area contributed by atoms with Gasteiger partial charge in [0.1, 0.15) is 5.75 Å². The molecule has 0 radical (unpaired) electrons. The second-order valence-corrected chi connectivity index (χ2v) is 3.27. The standard InChI is InChI=1S/C7H8O.3BF4/c1-6-4-2-3-5-7(6)8;3*2-1(3,4)5/h2-5,8H,1H3;;;/q;3*-1. The second kappa shape index (κ2) is 11.0. The number of benzene rings is 1. The minimum Gasteiger partial charge on any atom is -0.508 e. The molecule has 0 heterocycles. The maximum atomic E-state index is 9.75. The fourth-order valence-electron chi connectivity index (χ4n) is 0.563. The van der Waals surface area contributed by atoms with Gasteiger partial charge in [-0.05, 0) is 18.6 Å². The summed E-state index contributed by atoms with van der Waals surface area (Å²) in [5.41, 5.74) is 0.924. The van der Waals surface area contributed by atoms with Crippen molar-refractivity contribution in [3.63, 3.8) is 0 Å². The summed E-state index contributed by atoms with van der Waals surface area (Å²) in [4.78, 5) is 0. The number of phenols is 1. The van der Waals surface area contributed by atoms with Crippen molar-refractivity contribution in [2.24, 2.45) is 0 Å². The summed E-state index contributed by atoms with van der Waals surface area (Å²) >= 11 is 0. The van der Waals surface area contributed by atoms with Gasteiger partial charge in [0, 0.05) is 0 Å². The first-order valence-corrected chi connectivity index (χ1v) is 5.17. The maximum Gasteiger partial charge on any atom is 0.673 e. The lowest BCUT2D eigenvalue weighted by atomic mass is 10.2. The van der Waals surface area contributed by atoms with Crippen molar-refractivity contribution in [2.75, 3.05) is 0 Å². The molecule has 0 bridgehead atoms. The highest BCUT2D eigenvalue weighted by Gasteiger charge is 2.21. The van der Waals surface area contributed by atoms with Crippen LogP contribution in [0.1, 0.15) is 5.56 Å². The molecule has 0 aliphatic carbocycles. The van der Waals surface area contributed by atoms with E-state index in [1.807, 2.05) is 25.1 Å². The number of rotatable bonds is 0. The van der Waals surface area contributed by atoms with Crippen LogP contribution in [0.4, 0.5) is 51.8 Å². The third-order valence-electron chi connectivity index (χ3n) is 1.12. The van der Waals surface area contributed by atoms with E-state index in [4.69, 9.17) is 5.11 Å². The first kappa shape index (κ1) is 26.3. The summed E-state index contributed by atoms with van der Waals surface area (Å²) in [6.07, 6.45) is 0. The van der Waals surface area contributed by atoms with E-state index in [0.29, 0.717) is 5.75 Å². The molecule has 23 heavy (non-hydrogen) atoms. The smallest absolute Gasteiger partial charge is 0.508 e. The minimum absolute atomic E-state index is 0.368. The topological polar surface area (TPSA) is 20.2 Å². The predicted molar refractivity (Wildman–Crippen MR) is 63.4 cm³/mol. The summed E-state index contributed by atoms with van der Waals surface area (Å²) in [6.45, 7) is 1.87. The van der Waals surface area contributed by atoms with Crippen molar-refractivity contribution in [3.05, 3.63) is 29.8 Å². The highest BCUT2D eigenvalue weighted by molar-refractivity contribution is 6.50. The van der Waals surface area contributed by atoms with Gasteiger partial charge in [-0.3, -0.25) is 0 Å². The lowest BCUT2D eigenvalue weighted by Gasteiger charge is -1.94. The lowest BCUT2D eigenvalue weighted by molar-refractivity contribution is 0.366. The van der Waals surface area contributed by atoms with Crippen molar-refractivity contribution in [1.29, 1.82) is 0 Å². The quantitative estimate of drug-likeness (QED) is 0.467. The van der Waals surface area contributed by atoms with Gasteiger partial charge in [-0.15, -0.1) is 0 Å². The number of hydrogen-bond acceptors (Lipinski definition) is 1. The van der Waals surface area contributed by atoms with Gasteiger partial charge in [0.25, 0.3) is 0 Å². The van der Waals surface area contributed by atoms with Crippen LogP contribution in [0.2, 0.25) is 0 Å². The van der Waals surface area contributed by atoms with Gasteiger partial charge in [0.05, 0.1) is 0 Å². The zero-order valence-corrected chi connectivity index (χ0v) is 11.0. The van der Waals surface area contributed by atoms with Crippen LogP contribution in [-0.2, 0) is 0 Å². The van der Waals surface area contributed by atoms with E-state index in [2.05, 4.69) is 0 Å². The van der Waals surface area contributed by atoms with Gasteiger partial charge in [0.15, 0.2) is 0 Å². The van der Waals surface area contributed by atoms with Crippen LogP contribution in [0.3, 0.4) is 0 Å². The summed E-state index contributed by atoms with van der Waals surface area (Å²) in [5, 5.41) is 8.92. The van der Waals surface area contributed by atoms with Crippen molar-refractivity contribution < 1.29 is 56.9 Å². The highest BCUT2D eigenvalue weighted by Crippen LogP contribution is 2.12. The van der Waals surface area contributed by atoms with Crippen LogP contribution in [0.25, 0.3) is 0 Å². The van der Waals surface area contributed by atoms with E-state index < -0.39 is 21.8 Å². The zero-order chi connectivity index (χ0) is 19.5. The number of hydrogen-bond donors (Lipinski definition) is 1. The van der Waals surface area contributed by atoms with Gasteiger partial charge >= 0.3 is 21.8 Å². The molecule has 0 aliphatic heterocycles. The normalized spacial score (nSPS) is 11.0. The molecule has 0 saturated carbocycles.